The van der Waals surface area contributed by atoms with Crippen LogP contribution in [0.15, 0.2) is 29.3 Å². The molecule has 31 heavy (non-hydrogen) atoms. The molecule has 1 atom stereocenters. The number of rotatable bonds is 7. The van der Waals surface area contributed by atoms with E-state index in [1.54, 1.807) is 0 Å². The van der Waals surface area contributed by atoms with E-state index in [-0.39, 0.29) is 35.9 Å². The van der Waals surface area contributed by atoms with Crippen molar-refractivity contribution in [3.05, 3.63) is 29.8 Å². The van der Waals surface area contributed by atoms with Crippen LogP contribution in [0, 0.1) is 0 Å². The second-order valence-electron chi connectivity index (χ2n) is 7.98. The molecule has 1 unspecified atom stereocenters. The van der Waals surface area contributed by atoms with Crippen molar-refractivity contribution in [2.75, 3.05) is 52.4 Å². The number of ether oxygens (including phenoxy) is 1. The van der Waals surface area contributed by atoms with Crippen molar-refractivity contribution in [3.8, 4) is 5.75 Å². The Balaban J connectivity index is 0.00000341. The van der Waals surface area contributed by atoms with Gasteiger partial charge in [0.15, 0.2) is 5.96 Å². The molecule has 0 aliphatic carbocycles. The Hall–Kier alpha value is -1.55. The largest absolute Gasteiger partial charge is 0.494 e. The third-order valence-electron chi connectivity index (χ3n) is 5.89. The Kier molecular flexibility index (Phi) is 10.9. The molecule has 0 bridgehead atoms. The van der Waals surface area contributed by atoms with Crippen molar-refractivity contribution in [2.24, 2.45) is 4.99 Å². The molecule has 1 aromatic rings. The maximum atomic E-state index is 12.7. The predicted molar refractivity (Wildman–Crippen MR) is 136 cm³/mol. The Bertz CT molecular complexity index is 716. The lowest BCUT2D eigenvalue weighted by atomic mass is 10.2. The minimum absolute atomic E-state index is 0. The van der Waals surface area contributed by atoms with Gasteiger partial charge in [-0.2, -0.15) is 0 Å². The van der Waals surface area contributed by atoms with Crippen molar-refractivity contribution < 1.29 is 9.53 Å². The van der Waals surface area contributed by atoms with Crippen LogP contribution in [0.4, 0.5) is 0 Å². The zero-order valence-corrected chi connectivity index (χ0v) is 21.5. The number of carbonyl (C=O) groups is 1. The van der Waals surface area contributed by atoms with Crippen LogP contribution in [0.3, 0.4) is 0 Å². The van der Waals surface area contributed by atoms with Gasteiger partial charge < -0.3 is 19.9 Å². The molecule has 1 N–H and O–H groups in total. The lowest BCUT2D eigenvalue weighted by Crippen LogP contribution is -2.57. The first-order valence-corrected chi connectivity index (χ1v) is 11.4. The summed E-state index contributed by atoms with van der Waals surface area (Å²) in [4.78, 5) is 24.2. The number of nitrogens with one attached hydrogen (secondary N) is 1. The van der Waals surface area contributed by atoms with Crippen LogP contribution >= 0.6 is 24.0 Å². The highest BCUT2D eigenvalue weighted by Gasteiger charge is 2.30. The van der Waals surface area contributed by atoms with Crippen molar-refractivity contribution in [3.63, 3.8) is 0 Å². The highest BCUT2D eigenvalue weighted by Crippen LogP contribution is 2.16. The van der Waals surface area contributed by atoms with Gasteiger partial charge in [0.2, 0.25) is 5.91 Å². The maximum Gasteiger partial charge on any atom is 0.239 e. The molecular formula is C23H38IN5O2. The third kappa shape index (κ3) is 7.24. The van der Waals surface area contributed by atoms with Crippen LogP contribution in [0.2, 0.25) is 0 Å². The normalized spacial score (nSPS) is 18.5. The number of aliphatic imine (C=N–C) groups is 1. The fraction of sp³-hybridized carbons (Fsp3) is 0.652. The molecule has 2 aliphatic rings. The zero-order valence-electron chi connectivity index (χ0n) is 19.2. The van der Waals surface area contributed by atoms with E-state index in [1.165, 1.54) is 0 Å². The molecule has 2 saturated heterocycles. The number of piperazine rings is 1. The van der Waals surface area contributed by atoms with Gasteiger partial charge in [-0.3, -0.25) is 9.69 Å². The fourth-order valence-electron chi connectivity index (χ4n) is 4.17. The summed E-state index contributed by atoms with van der Waals surface area (Å²) in [5, 5.41) is 3.42. The van der Waals surface area contributed by atoms with Crippen LogP contribution in [0.1, 0.15) is 39.2 Å². The van der Waals surface area contributed by atoms with Gasteiger partial charge in [0.05, 0.1) is 19.2 Å². The van der Waals surface area contributed by atoms with E-state index in [9.17, 15) is 4.79 Å². The maximum absolute atomic E-state index is 12.7. The third-order valence-corrected chi connectivity index (χ3v) is 5.89. The molecule has 174 valence electrons. The van der Waals surface area contributed by atoms with Crippen LogP contribution in [-0.2, 0) is 11.3 Å². The van der Waals surface area contributed by atoms with Gasteiger partial charge in [-0.25, -0.2) is 4.99 Å². The molecule has 2 heterocycles. The van der Waals surface area contributed by atoms with Crippen molar-refractivity contribution >= 4 is 35.8 Å². The molecule has 1 amide bonds. The Labute approximate surface area is 204 Å². The molecule has 1 aromatic carbocycles. The van der Waals surface area contributed by atoms with E-state index in [0.29, 0.717) is 13.2 Å². The topological polar surface area (TPSA) is 60.4 Å². The van der Waals surface area contributed by atoms with Gasteiger partial charge in [-0.05, 0) is 51.3 Å². The summed E-state index contributed by atoms with van der Waals surface area (Å²) in [5.74, 6) is 2.12. The van der Waals surface area contributed by atoms with Crippen molar-refractivity contribution in [1.82, 2.24) is 20.0 Å². The van der Waals surface area contributed by atoms with Gasteiger partial charge in [-0.15, -0.1) is 24.0 Å². The van der Waals surface area contributed by atoms with Gasteiger partial charge in [0, 0.05) is 45.8 Å². The first kappa shape index (κ1) is 25.7. The second-order valence-corrected chi connectivity index (χ2v) is 7.98. The number of carbonyl (C=O) groups excluding carboxylic acids is 1. The van der Waals surface area contributed by atoms with Crippen molar-refractivity contribution in [2.45, 2.75) is 46.2 Å². The van der Waals surface area contributed by atoms with E-state index in [1.807, 2.05) is 24.0 Å². The molecule has 0 spiro atoms. The number of likely N-dealkylation sites (tertiary alicyclic amines) is 1. The number of halogens is 1. The summed E-state index contributed by atoms with van der Waals surface area (Å²) in [6.45, 7) is 13.6. The summed E-state index contributed by atoms with van der Waals surface area (Å²) in [5.41, 5.74) is 1.14. The molecule has 0 saturated carbocycles. The Morgan fingerprint density at radius 1 is 1.10 bits per heavy atom. The van der Waals surface area contributed by atoms with Crippen molar-refractivity contribution in [1.29, 1.82) is 0 Å². The highest BCUT2D eigenvalue weighted by atomic mass is 127. The molecule has 8 heteroatoms. The number of nitrogens with zero attached hydrogens (tertiary/aromatic N) is 4. The van der Waals surface area contributed by atoms with Crippen LogP contribution in [0.5, 0.6) is 5.75 Å². The van der Waals surface area contributed by atoms with Crippen LogP contribution < -0.4 is 10.1 Å². The summed E-state index contributed by atoms with van der Waals surface area (Å²) in [6.07, 6.45) is 2.28. The van der Waals surface area contributed by atoms with Crippen LogP contribution in [0.25, 0.3) is 0 Å². The van der Waals surface area contributed by atoms with Crippen LogP contribution in [-0.4, -0.2) is 85.0 Å². The average molecular weight is 543 g/mol. The monoisotopic (exact) mass is 543 g/mol. The first-order chi connectivity index (χ1) is 14.6. The summed E-state index contributed by atoms with van der Waals surface area (Å²) in [7, 11) is 0. The SMILES string of the molecule is CCNC(=NCc1cccc(OCC)c1)N1CCN(C(C)C(=O)N2CCCC2)CC1.I. The van der Waals surface area contributed by atoms with E-state index < -0.39 is 0 Å². The lowest BCUT2D eigenvalue weighted by molar-refractivity contribution is -0.135. The zero-order chi connectivity index (χ0) is 21.3. The minimum atomic E-state index is -0.0360. The van der Waals surface area contributed by atoms with Gasteiger partial charge in [-0.1, -0.05) is 12.1 Å². The standard InChI is InChI=1S/C23H37N5O2.HI/c1-4-24-23(25-18-20-9-8-10-21(17-20)30-5-2)28-15-13-26(14-16-28)19(3)22(29)27-11-6-7-12-27;/h8-10,17,19H,4-7,11-16,18H2,1-3H3,(H,24,25);1H. The minimum Gasteiger partial charge on any atom is -0.494 e. The number of benzene rings is 1. The highest BCUT2D eigenvalue weighted by molar-refractivity contribution is 14.0. The fourth-order valence-corrected chi connectivity index (χ4v) is 4.17. The molecule has 0 aromatic heterocycles. The number of hydrogen-bond donors (Lipinski definition) is 1. The van der Waals surface area contributed by atoms with Gasteiger partial charge >= 0.3 is 0 Å². The number of guanidine groups is 1. The summed E-state index contributed by atoms with van der Waals surface area (Å²) in [6, 6.07) is 8.09. The lowest BCUT2D eigenvalue weighted by Gasteiger charge is -2.39. The number of hydrogen-bond acceptors (Lipinski definition) is 4. The van der Waals surface area contributed by atoms with E-state index in [2.05, 4.69) is 41.1 Å². The first-order valence-electron chi connectivity index (χ1n) is 11.4. The molecule has 7 nitrogen and oxygen atoms in total. The van der Waals surface area contributed by atoms with E-state index in [4.69, 9.17) is 9.73 Å². The Morgan fingerprint density at radius 3 is 2.45 bits per heavy atom. The second kappa shape index (κ2) is 13.1. The molecule has 0 radical (unpaired) electrons. The summed E-state index contributed by atoms with van der Waals surface area (Å²) >= 11 is 0. The van der Waals surface area contributed by atoms with Gasteiger partial charge in [0.1, 0.15) is 5.75 Å². The molecule has 2 fully saturated rings. The number of amides is 1. The summed E-state index contributed by atoms with van der Waals surface area (Å²) < 4.78 is 5.60. The smallest absolute Gasteiger partial charge is 0.239 e. The van der Waals surface area contributed by atoms with E-state index in [0.717, 1.165) is 75.9 Å². The Morgan fingerprint density at radius 2 is 1.81 bits per heavy atom. The quantitative estimate of drug-likeness (QED) is 0.326. The predicted octanol–water partition coefficient (Wildman–Crippen LogP) is 2.80. The van der Waals surface area contributed by atoms with E-state index >= 15 is 0 Å². The molecule has 3 rings (SSSR count). The average Bonchev–Trinajstić information content (AvgIpc) is 3.31. The molecule has 2 aliphatic heterocycles. The van der Waals surface area contributed by atoms with Gasteiger partial charge in [0.25, 0.3) is 0 Å². The molecular weight excluding hydrogens is 505 g/mol.